The number of rotatable bonds is 28. The number of carboxylic acid groups (broad SMARTS) is 1. The smallest absolute Gasteiger partial charge is 0.329 e. The number of carbonyl (C=O) groups is 2. The third-order valence-corrected chi connectivity index (χ3v) is 12.7. The van der Waals surface area contributed by atoms with Crippen molar-refractivity contribution in [1.29, 1.82) is 0 Å². The van der Waals surface area contributed by atoms with Crippen LogP contribution in [0.1, 0.15) is 120 Å². The second-order valence-electron chi connectivity index (χ2n) is 20.4. The molecule has 4 atom stereocenters. The van der Waals surface area contributed by atoms with Crippen LogP contribution in [0.5, 0.6) is 0 Å². The van der Waals surface area contributed by atoms with Crippen LogP contribution in [0.15, 0.2) is 49.1 Å². The molecule has 4 aromatic heterocycles. The van der Waals surface area contributed by atoms with Gasteiger partial charge in [0.05, 0.1) is 17.5 Å². The second kappa shape index (κ2) is 33.9. The first-order valence-electron chi connectivity index (χ1n) is 26.6. The Labute approximate surface area is 456 Å². The normalized spacial score (nSPS) is 14.5. The maximum Gasteiger partial charge on any atom is 0.329 e. The van der Waals surface area contributed by atoms with Crippen LogP contribution >= 0.6 is 23.2 Å². The molecule has 75 heavy (non-hydrogen) atoms. The third kappa shape index (κ3) is 24.7. The molecule has 0 saturated carbocycles. The number of pyridine rings is 2. The van der Waals surface area contributed by atoms with Crippen molar-refractivity contribution in [2.45, 2.75) is 155 Å². The average Bonchev–Trinajstić information content (AvgIpc) is 3.39. The van der Waals surface area contributed by atoms with Gasteiger partial charge in [-0.1, -0.05) is 12.1 Å². The van der Waals surface area contributed by atoms with Gasteiger partial charge in [0, 0.05) is 89.7 Å². The zero-order valence-corrected chi connectivity index (χ0v) is 47.6. The number of alkyl halides is 2. The molecule has 0 aromatic carbocycles. The third-order valence-electron chi connectivity index (χ3n) is 12.7. The quantitative estimate of drug-likeness (QED) is 0.0204. The summed E-state index contributed by atoms with van der Waals surface area (Å²) in [7, 11) is 3.44. The molecule has 0 unspecified atom stereocenters. The zero-order chi connectivity index (χ0) is 54.6. The number of nitrogens with one attached hydrogen (secondary N) is 4. The molecule has 2 aliphatic heterocycles. The van der Waals surface area contributed by atoms with Crippen molar-refractivity contribution in [3.05, 3.63) is 82.7 Å². The van der Waals surface area contributed by atoms with E-state index < -0.39 is 23.7 Å². The first kappa shape index (κ1) is 62.6. The standard InChI is InChI=1S/C29H46N6O3.C25H38N6O3.CH2Cl2/c1-21-18-31-28(32-19-21)34-25(27(36)38-29(3,4)5)14-17-35(20-22(2)37-6)16-8-7-11-24-13-12-23-10-9-15-30-26(23)33-24;1-18-15-27-25(28-16-18)30-22(24(32)33)11-14-31(17-19(2)34-3)13-5-4-8-21-10-9-20-7-6-12-26-23(20)29-21;2-1-3/h12-13,18-19,22,25H,7-11,14-17,20H2,1-6H3,(H,30,33)(H,31,32,34);9-10,15-16,19,22H,4-8,11-14,17H2,1-3H3,(H,26,29)(H,32,33)(H,27,28,30);1H2/t22-,25+;19-,22+;/m11./s1. The molecular formula is C55H86Cl2N12O6. The van der Waals surface area contributed by atoms with Gasteiger partial charge in [-0.2, -0.15) is 0 Å². The Morgan fingerprint density at radius 1 is 0.680 bits per heavy atom. The van der Waals surface area contributed by atoms with Crippen molar-refractivity contribution in [2.24, 2.45) is 0 Å². The lowest BCUT2D eigenvalue weighted by Gasteiger charge is -2.28. The molecule has 6 heterocycles. The molecule has 18 nitrogen and oxygen atoms in total. The molecule has 0 saturated heterocycles. The largest absolute Gasteiger partial charge is 0.480 e. The number of ether oxygens (including phenoxy) is 3. The van der Waals surface area contributed by atoms with Crippen molar-refractivity contribution in [2.75, 3.05) is 93.2 Å². The summed E-state index contributed by atoms with van der Waals surface area (Å²) in [6.45, 7) is 20.3. The molecule has 5 N–H and O–H groups in total. The lowest BCUT2D eigenvalue weighted by molar-refractivity contribution is -0.156. The molecule has 0 fully saturated rings. The Morgan fingerprint density at radius 2 is 1.09 bits per heavy atom. The number of esters is 1. The summed E-state index contributed by atoms with van der Waals surface area (Å²) in [5.41, 5.74) is 6.22. The van der Waals surface area contributed by atoms with Crippen LogP contribution < -0.4 is 21.3 Å². The van der Waals surface area contributed by atoms with Crippen LogP contribution in [-0.2, 0) is 49.5 Å². The number of fused-ring (bicyclic) bond motifs is 2. The number of aromatic nitrogens is 6. The van der Waals surface area contributed by atoms with E-state index >= 15 is 0 Å². The van der Waals surface area contributed by atoms with Crippen LogP contribution in [0.25, 0.3) is 0 Å². The maximum absolute atomic E-state index is 13.0. The number of carbonyl (C=O) groups excluding carboxylic acids is 1. The summed E-state index contributed by atoms with van der Waals surface area (Å²) in [6.07, 6.45) is 18.6. The number of halogens is 2. The first-order valence-corrected chi connectivity index (χ1v) is 27.7. The SMILES string of the molecule is CO[C@H](C)CN(CCCCc1ccc2c(n1)NCCC2)CC[C@H](Nc1ncc(C)cn1)C(=O)O.CO[C@H](C)CN(CCCCc1ccc2c(n1)NCCC2)CC[C@H](Nc1ncc(C)cn1)C(=O)OC(C)(C)C.ClCCl. The number of aryl methyl sites for hydroxylation is 6. The maximum atomic E-state index is 13.0. The predicted octanol–water partition coefficient (Wildman–Crippen LogP) is 8.98. The molecule has 0 bridgehead atoms. The molecule has 0 aliphatic carbocycles. The topological polar surface area (TPSA) is 214 Å². The minimum atomic E-state index is -0.906. The van der Waals surface area contributed by atoms with Crippen LogP contribution in [-0.4, -0.2) is 159 Å². The van der Waals surface area contributed by atoms with Gasteiger partial charge in [0.25, 0.3) is 0 Å². The molecule has 416 valence electrons. The van der Waals surface area contributed by atoms with E-state index in [1.165, 1.54) is 24.0 Å². The van der Waals surface area contributed by atoms with E-state index in [0.717, 1.165) is 131 Å². The fraction of sp³-hybridized carbons (Fsp3) is 0.636. The van der Waals surface area contributed by atoms with Gasteiger partial charge in [0.15, 0.2) is 0 Å². The highest BCUT2D eigenvalue weighted by atomic mass is 35.5. The molecule has 0 amide bonds. The summed E-state index contributed by atoms with van der Waals surface area (Å²) in [5, 5.41) is 22.8. The van der Waals surface area contributed by atoms with Crippen molar-refractivity contribution in [1.82, 2.24) is 39.7 Å². The molecule has 6 rings (SSSR count). The zero-order valence-electron chi connectivity index (χ0n) is 46.1. The van der Waals surface area contributed by atoms with Gasteiger partial charge in [-0.25, -0.2) is 39.5 Å². The summed E-state index contributed by atoms with van der Waals surface area (Å²) < 4.78 is 16.7. The predicted molar refractivity (Wildman–Crippen MR) is 301 cm³/mol. The number of methoxy groups -OCH3 is 2. The van der Waals surface area contributed by atoms with E-state index in [-0.39, 0.29) is 23.5 Å². The highest BCUT2D eigenvalue weighted by Crippen LogP contribution is 2.22. The summed E-state index contributed by atoms with van der Waals surface area (Å²) in [5.74, 6) is 1.66. The number of nitrogens with zero attached hydrogens (tertiary/aromatic N) is 8. The monoisotopic (exact) mass is 1080 g/mol. The van der Waals surface area contributed by atoms with Gasteiger partial charge in [0.2, 0.25) is 11.9 Å². The van der Waals surface area contributed by atoms with Gasteiger partial charge in [-0.3, -0.25) is 0 Å². The highest BCUT2D eigenvalue weighted by Gasteiger charge is 2.27. The lowest BCUT2D eigenvalue weighted by Crippen LogP contribution is -2.41. The van der Waals surface area contributed by atoms with Crippen LogP contribution in [0.3, 0.4) is 0 Å². The van der Waals surface area contributed by atoms with Crippen LogP contribution in [0.2, 0.25) is 0 Å². The number of hydrogen-bond donors (Lipinski definition) is 5. The van der Waals surface area contributed by atoms with Crippen LogP contribution in [0.4, 0.5) is 23.5 Å². The number of anilines is 4. The molecule has 4 aromatic rings. The number of hydrogen-bond acceptors (Lipinski definition) is 17. The number of carboxylic acids is 1. The molecule has 2 aliphatic rings. The van der Waals surface area contributed by atoms with Gasteiger partial charge < -0.3 is 50.4 Å². The highest BCUT2D eigenvalue weighted by molar-refractivity contribution is 6.40. The van der Waals surface area contributed by atoms with Gasteiger partial charge in [0.1, 0.15) is 29.3 Å². The Balaban J connectivity index is 0.000000310. The van der Waals surface area contributed by atoms with Crippen molar-refractivity contribution >= 4 is 58.7 Å². The van der Waals surface area contributed by atoms with Crippen molar-refractivity contribution in [3.8, 4) is 0 Å². The summed E-state index contributed by atoms with van der Waals surface area (Å²) >= 11 is 9.53. The fourth-order valence-electron chi connectivity index (χ4n) is 8.51. The molecule has 0 spiro atoms. The van der Waals surface area contributed by atoms with Crippen molar-refractivity contribution < 1.29 is 28.9 Å². The van der Waals surface area contributed by atoms with E-state index in [1.807, 2.05) is 41.5 Å². The van der Waals surface area contributed by atoms with E-state index in [9.17, 15) is 14.7 Å². The molecule has 0 radical (unpaired) electrons. The number of unbranched alkanes of at least 4 members (excludes halogenated alkanes) is 2. The van der Waals surface area contributed by atoms with E-state index in [1.54, 1.807) is 39.0 Å². The Morgan fingerprint density at radius 3 is 1.49 bits per heavy atom. The number of aliphatic carboxylic acids is 1. The van der Waals surface area contributed by atoms with Gasteiger partial charge >= 0.3 is 11.9 Å². The minimum absolute atomic E-state index is 0.0741. The lowest BCUT2D eigenvalue weighted by atomic mass is 10.1. The summed E-state index contributed by atoms with van der Waals surface area (Å²) in [6, 6.07) is 7.43. The van der Waals surface area contributed by atoms with E-state index in [4.69, 9.17) is 47.4 Å². The Hall–Kier alpha value is -4.98. The van der Waals surface area contributed by atoms with Crippen LogP contribution in [0, 0.1) is 13.8 Å². The minimum Gasteiger partial charge on any atom is -0.480 e. The van der Waals surface area contributed by atoms with Crippen molar-refractivity contribution in [3.63, 3.8) is 0 Å². The average molecular weight is 1080 g/mol. The van der Waals surface area contributed by atoms with E-state index in [0.29, 0.717) is 31.3 Å². The van der Waals surface area contributed by atoms with E-state index in [2.05, 4.69) is 82.2 Å². The second-order valence-corrected chi connectivity index (χ2v) is 21.2. The fourth-order valence-corrected chi connectivity index (χ4v) is 8.51. The molecular weight excluding hydrogens is 996 g/mol. The first-order chi connectivity index (χ1) is 36.0. The molecule has 20 heteroatoms. The Bertz CT molecular complexity index is 2260. The Kier molecular flexibility index (Phi) is 28.3. The van der Waals surface area contributed by atoms with Gasteiger partial charge in [-0.15, -0.1) is 23.2 Å². The van der Waals surface area contributed by atoms with Gasteiger partial charge in [-0.05, 0) is 173 Å². The summed E-state index contributed by atoms with van der Waals surface area (Å²) in [4.78, 5) is 56.1.